The summed E-state index contributed by atoms with van der Waals surface area (Å²) >= 11 is 0. The maximum absolute atomic E-state index is 5.61. The highest BCUT2D eigenvalue weighted by Gasteiger charge is 2.10. The molecular formula is C15H16N2. The van der Waals surface area contributed by atoms with Gasteiger partial charge in [-0.15, -0.1) is 0 Å². The molecule has 0 amide bonds. The minimum atomic E-state index is 0.113. The van der Waals surface area contributed by atoms with Crippen molar-refractivity contribution in [3.63, 3.8) is 0 Å². The minimum Gasteiger partial charge on any atom is -0.386 e. The number of hydrogen-bond acceptors (Lipinski definition) is 2. The van der Waals surface area contributed by atoms with Crippen molar-refractivity contribution in [3.8, 4) is 0 Å². The highest BCUT2D eigenvalue weighted by atomic mass is 14.8. The van der Waals surface area contributed by atoms with Crippen LogP contribution in [0.1, 0.15) is 17.0 Å². The molecule has 0 heterocycles. The first-order valence-electron chi connectivity index (χ1n) is 5.60. The Bertz CT molecular complexity index is 445. The van der Waals surface area contributed by atoms with Crippen LogP contribution in [0.3, 0.4) is 0 Å². The van der Waals surface area contributed by atoms with E-state index in [4.69, 9.17) is 11.5 Å². The standard InChI is InChI=1S/C15H16N2/c16-15(17)11-14(12-7-3-1-4-8-12)13-9-5-2-6-10-13/h1-11,14H,16-17H2. The maximum Gasteiger partial charge on any atom is 0.0902 e. The molecule has 0 unspecified atom stereocenters. The van der Waals surface area contributed by atoms with Crippen molar-refractivity contribution in [2.75, 3.05) is 0 Å². The molecular weight excluding hydrogens is 208 g/mol. The van der Waals surface area contributed by atoms with Crippen LogP contribution >= 0.6 is 0 Å². The van der Waals surface area contributed by atoms with Crippen LogP contribution in [0.25, 0.3) is 0 Å². The molecule has 0 bridgehead atoms. The lowest BCUT2D eigenvalue weighted by atomic mass is 9.91. The van der Waals surface area contributed by atoms with Crippen molar-refractivity contribution < 1.29 is 0 Å². The van der Waals surface area contributed by atoms with Crippen LogP contribution in [0.4, 0.5) is 0 Å². The fraction of sp³-hybridized carbons (Fsp3) is 0.0667. The van der Waals surface area contributed by atoms with Crippen molar-refractivity contribution in [2.24, 2.45) is 11.5 Å². The van der Waals surface area contributed by atoms with E-state index in [0.717, 1.165) is 0 Å². The number of benzene rings is 2. The Labute approximate surface area is 102 Å². The summed E-state index contributed by atoms with van der Waals surface area (Å²) < 4.78 is 0. The van der Waals surface area contributed by atoms with Crippen LogP contribution in [0.5, 0.6) is 0 Å². The van der Waals surface area contributed by atoms with E-state index < -0.39 is 0 Å². The second-order valence-electron chi connectivity index (χ2n) is 3.97. The Hall–Kier alpha value is -2.22. The second-order valence-corrected chi connectivity index (χ2v) is 3.97. The summed E-state index contributed by atoms with van der Waals surface area (Å²) in [4.78, 5) is 0. The SMILES string of the molecule is NC(N)=CC(c1ccccc1)c1ccccc1. The first-order valence-corrected chi connectivity index (χ1v) is 5.60. The summed E-state index contributed by atoms with van der Waals surface area (Å²) in [5, 5.41) is 0. The van der Waals surface area contributed by atoms with Gasteiger partial charge in [0.1, 0.15) is 0 Å². The van der Waals surface area contributed by atoms with Gasteiger partial charge in [0, 0.05) is 5.92 Å². The van der Waals surface area contributed by atoms with E-state index in [0.29, 0.717) is 5.82 Å². The Morgan fingerprint density at radius 2 is 1.18 bits per heavy atom. The average molecular weight is 224 g/mol. The molecule has 0 aliphatic heterocycles. The summed E-state index contributed by atoms with van der Waals surface area (Å²) in [6.45, 7) is 0. The molecule has 0 saturated heterocycles. The van der Waals surface area contributed by atoms with Gasteiger partial charge in [0.25, 0.3) is 0 Å². The molecule has 2 nitrogen and oxygen atoms in total. The zero-order chi connectivity index (χ0) is 12.1. The number of nitrogens with two attached hydrogens (primary N) is 2. The van der Waals surface area contributed by atoms with Gasteiger partial charge in [0.05, 0.1) is 5.82 Å². The predicted octanol–water partition coefficient (Wildman–Crippen LogP) is 2.58. The van der Waals surface area contributed by atoms with Crippen molar-refractivity contribution in [3.05, 3.63) is 83.7 Å². The lowest BCUT2D eigenvalue weighted by Gasteiger charge is -2.14. The van der Waals surface area contributed by atoms with Crippen LogP contribution < -0.4 is 11.5 Å². The topological polar surface area (TPSA) is 52.0 Å². The van der Waals surface area contributed by atoms with E-state index in [-0.39, 0.29) is 5.92 Å². The highest BCUT2D eigenvalue weighted by molar-refractivity contribution is 5.37. The summed E-state index contributed by atoms with van der Waals surface area (Å²) in [5.74, 6) is 0.463. The first-order chi connectivity index (χ1) is 8.27. The quantitative estimate of drug-likeness (QED) is 0.842. The molecule has 0 fully saturated rings. The van der Waals surface area contributed by atoms with Crippen molar-refractivity contribution in [1.29, 1.82) is 0 Å². The van der Waals surface area contributed by atoms with Crippen LogP contribution in [0.2, 0.25) is 0 Å². The summed E-state index contributed by atoms with van der Waals surface area (Å²) in [7, 11) is 0. The third-order valence-electron chi connectivity index (χ3n) is 2.68. The Morgan fingerprint density at radius 1 is 0.765 bits per heavy atom. The third kappa shape index (κ3) is 2.88. The molecule has 0 saturated carbocycles. The summed E-state index contributed by atoms with van der Waals surface area (Å²) in [5.41, 5.74) is 13.6. The van der Waals surface area contributed by atoms with Gasteiger partial charge in [0.15, 0.2) is 0 Å². The molecule has 2 rings (SSSR count). The zero-order valence-corrected chi connectivity index (χ0v) is 9.58. The van der Waals surface area contributed by atoms with Gasteiger partial charge in [-0.25, -0.2) is 0 Å². The molecule has 2 aromatic carbocycles. The average Bonchev–Trinajstić information content (AvgIpc) is 2.38. The number of rotatable bonds is 3. The molecule has 0 radical (unpaired) electrons. The van der Waals surface area contributed by atoms with Gasteiger partial charge in [-0.2, -0.15) is 0 Å². The zero-order valence-electron chi connectivity index (χ0n) is 9.58. The first kappa shape index (κ1) is 11.3. The van der Waals surface area contributed by atoms with Crippen LogP contribution in [0, 0.1) is 0 Å². The van der Waals surface area contributed by atoms with Gasteiger partial charge in [0.2, 0.25) is 0 Å². The molecule has 2 heteroatoms. The molecule has 86 valence electrons. The van der Waals surface area contributed by atoms with Crippen LogP contribution in [0.15, 0.2) is 72.6 Å². The minimum absolute atomic E-state index is 0.113. The summed E-state index contributed by atoms with van der Waals surface area (Å²) in [6.07, 6.45) is 1.88. The largest absolute Gasteiger partial charge is 0.386 e. The summed E-state index contributed by atoms with van der Waals surface area (Å²) in [6, 6.07) is 20.4. The van der Waals surface area contributed by atoms with E-state index in [9.17, 15) is 0 Å². The number of hydrogen-bond donors (Lipinski definition) is 2. The highest BCUT2D eigenvalue weighted by Crippen LogP contribution is 2.25. The number of allylic oxidation sites excluding steroid dienone is 1. The third-order valence-corrected chi connectivity index (χ3v) is 2.68. The van der Waals surface area contributed by atoms with Gasteiger partial charge in [-0.05, 0) is 17.2 Å². The monoisotopic (exact) mass is 224 g/mol. The molecule has 0 aromatic heterocycles. The molecule has 17 heavy (non-hydrogen) atoms. The van der Waals surface area contributed by atoms with Gasteiger partial charge < -0.3 is 11.5 Å². The molecule has 0 aliphatic carbocycles. The Kier molecular flexibility index (Phi) is 3.46. The van der Waals surface area contributed by atoms with Crippen molar-refractivity contribution >= 4 is 0 Å². The molecule has 0 spiro atoms. The molecule has 2 aromatic rings. The van der Waals surface area contributed by atoms with E-state index in [1.807, 2.05) is 42.5 Å². The molecule has 0 atom stereocenters. The lowest BCUT2D eigenvalue weighted by Crippen LogP contribution is -2.11. The van der Waals surface area contributed by atoms with Gasteiger partial charge in [-0.3, -0.25) is 0 Å². The Morgan fingerprint density at radius 3 is 1.53 bits per heavy atom. The second kappa shape index (κ2) is 5.21. The Balaban J connectivity index is 2.43. The smallest absolute Gasteiger partial charge is 0.0902 e. The van der Waals surface area contributed by atoms with Crippen molar-refractivity contribution in [1.82, 2.24) is 0 Å². The van der Waals surface area contributed by atoms with E-state index in [2.05, 4.69) is 24.3 Å². The van der Waals surface area contributed by atoms with E-state index >= 15 is 0 Å². The molecule has 4 N–H and O–H groups in total. The predicted molar refractivity (Wildman–Crippen MR) is 71.2 cm³/mol. The van der Waals surface area contributed by atoms with E-state index in [1.54, 1.807) is 0 Å². The van der Waals surface area contributed by atoms with Crippen molar-refractivity contribution in [2.45, 2.75) is 5.92 Å². The van der Waals surface area contributed by atoms with Gasteiger partial charge >= 0.3 is 0 Å². The molecule has 0 aliphatic rings. The fourth-order valence-corrected chi connectivity index (χ4v) is 1.90. The van der Waals surface area contributed by atoms with Gasteiger partial charge in [-0.1, -0.05) is 60.7 Å². The van der Waals surface area contributed by atoms with Crippen LogP contribution in [-0.2, 0) is 0 Å². The normalized spacial score (nSPS) is 10.2. The lowest BCUT2D eigenvalue weighted by molar-refractivity contribution is 0.995. The fourth-order valence-electron chi connectivity index (χ4n) is 1.90. The maximum atomic E-state index is 5.61. The van der Waals surface area contributed by atoms with Crippen LogP contribution in [-0.4, -0.2) is 0 Å². The van der Waals surface area contributed by atoms with E-state index in [1.165, 1.54) is 11.1 Å².